The summed E-state index contributed by atoms with van der Waals surface area (Å²) in [5.74, 6) is -1.82. The summed E-state index contributed by atoms with van der Waals surface area (Å²) in [6, 6.07) is 0. The molecule has 0 saturated heterocycles. The molecule has 7 nitrogen and oxygen atoms in total. The van der Waals surface area contributed by atoms with Crippen LogP contribution in [0, 0.1) is 5.92 Å². The molecule has 0 aromatic heterocycles. The van der Waals surface area contributed by atoms with E-state index in [0.29, 0.717) is 0 Å². The number of hydrogen-bond acceptors (Lipinski definition) is 7. The summed E-state index contributed by atoms with van der Waals surface area (Å²) >= 11 is 0. The molecule has 0 aromatic carbocycles. The Morgan fingerprint density at radius 2 is 1.52 bits per heavy atom. The number of rotatable bonds is 10. The van der Waals surface area contributed by atoms with Crippen LogP contribution in [0.4, 0.5) is 0 Å². The topological polar surface area (TPSA) is 88.1 Å². The monoisotopic (exact) mass is 324 g/mol. The molecule has 0 N–H and O–H groups in total. The normalized spacial score (nSPS) is 14.3. The van der Waals surface area contributed by atoms with Gasteiger partial charge in [0.1, 0.15) is 0 Å². The molecule has 0 radical (unpaired) electrons. The van der Waals surface area contributed by atoms with Crippen LogP contribution < -0.4 is 0 Å². The van der Waals surface area contributed by atoms with Gasteiger partial charge in [-0.25, -0.2) is 0 Å². The van der Waals surface area contributed by atoms with Crippen molar-refractivity contribution in [3.8, 4) is 0 Å². The van der Waals surface area contributed by atoms with E-state index in [4.69, 9.17) is 13.8 Å². The zero-order chi connectivity index (χ0) is 16.5. The zero-order valence-corrected chi connectivity index (χ0v) is 14.2. The molecule has 21 heavy (non-hydrogen) atoms. The average Bonchev–Trinajstić information content (AvgIpc) is 2.44. The van der Waals surface area contributed by atoms with Crippen molar-refractivity contribution in [2.45, 2.75) is 39.8 Å². The summed E-state index contributed by atoms with van der Waals surface area (Å²) in [5, 5.41) is 0. The largest absolute Gasteiger partial charge is 0.469 e. The summed E-state index contributed by atoms with van der Waals surface area (Å²) in [5.41, 5.74) is -1.15. The number of carbonyl (C=O) groups is 2. The number of methoxy groups -OCH3 is 1. The fraction of sp³-hybridized carbons (Fsp3) is 0.846. The molecule has 0 aliphatic heterocycles. The van der Waals surface area contributed by atoms with E-state index in [1.54, 1.807) is 27.7 Å². The molecular formula is C13H25O7P. The number of ether oxygens (including phenoxy) is 2. The summed E-state index contributed by atoms with van der Waals surface area (Å²) in [6.07, 6.45) is -0.0250. The second-order valence-corrected chi connectivity index (χ2v) is 6.52. The Labute approximate surface area is 125 Å². The Morgan fingerprint density at radius 3 is 1.90 bits per heavy atom. The quantitative estimate of drug-likeness (QED) is 0.450. The van der Waals surface area contributed by atoms with Crippen LogP contribution in [0.15, 0.2) is 0 Å². The van der Waals surface area contributed by atoms with Crippen LogP contribution in [0.5, 0.6) is 0 Å². The Kier molecular flexibility index (Phi) is 9.49. The maximum absolute atomic E-state index is 12.8. The molecule has 0 fully saturated rings. The predicted octanol–water partition coefficient (Wildman–Crippen LogP) is 2.38. The minimum Gasteiger partial charge on any atom is -0.469 e. The molecule has 0 amide bonds. The number of carbonyl (C=O) groups excluding carboxylic acids is 2. The third-order valence-electron chi connectivity index (χ3n) is 2.74. The van der Waals surface area contributed by atoms with Crippen LogP contribution in [0.25, 0.3) is 0 Å². The van der Waals surface area contributed by atoms with Gasteiger partial charge in [0.05, 0.1) is 32.8 Å². The highest BCUT2D eigenvalue weighted by atomic mass is 31.2. The Hall–Kier alpha value is -0.910. The lowest BCUT2D eigenvalue weighted by atomic mass is 10.1. The van der Waals surface area contributed by atoms with Gasteiger partial charge in [0.15, 0.2) is 5.66 Å². The van der Waals surface area contributed by atoms with Gasteiger partial charge in [0.25, 0.3) is 0 Å². The van der Waals surface area contributed by atoms with E-state index in [9.17, 15) is 14.2 Å². The van der Waals surface area contributed by atoms with Gasteiger partial charge in [-0.05, 0) is 27.2 Å². The summed E-state index contributed by atoms with van der Waals surface area (Å²) in [4.78, 5) is 23.6. The minimum atomic E-state index is -3.70. The lowest BCUT2D eigenvalue weighted by Crippen LogP contribution is -2.30. The van der Waals surface area contributed by atoms with Gasteiger partial charge in [-0.3, -0.25) is 14.2 Å². The van der Waals surface area contributed by atoms with Gasteiger partial charge in [-0.1, -0.05) is 6.92 Å². The molecule has 0 saturated carbocycles. The summed E-state index contributed by atoms with van der Waals surface area (Å²) in [6.45, 7) is 6.92. The Balaban J connectivity index is 5.32. The molecule has 2 unspecified atom stereocenters. The second kappa shape index (κ2) is 9.92. The smallest absolute Gasteiger partial charge is 0.344 e. The van der Waals surface area contributed by atoms with Crippen LogP contribution >= 0.6 is 7.60 Å². The van der Waals surface area contributed by atoms with Gasteiger partial charge in [-0.15, -0.1) is 0 Å². The summed E-state index contributed by atoms with van der Waals surface area (Å²) in [7, 11) is -2.45. The zero-order valence-electron chi connectivity index (χ0n) is 13.3. The number of esters is 2. The highest BCUT2D eigenvalue weighted by Crippen LogP contribution is 2.55. The van der Waals surface area contributed by atoms with Gasteiger partial charge in [0, 0.05) is 0 Å². The molecule has 2 atom stereocenters. The van der Waals surface area contributed by atoms with Crippen molar-refractivity contribution in [1.82, 2.24) is 0 Å². The molecule has 0 bridgehead atoms. The van der Waals surface area contributed by atoms with Gasteiger partial charge in [0.2, 0.25) is 0 Å². The fourth-order valence-electron chi connectivity index (χ4n) is 1.80. The molecular weight excluding hydrogens is 299 g/mol. The molecule has 0 spiro atoms. The molecule has 0 aliphatic carbocycles. The van der Waals surface area contributed by atoms with Crippen molar-refractivity contribution >= 4 is 19.5 Å². The van der Waals surface area contributed by atoms with Crippen LogP contribution in [0.1, 0.15) is 34.1 Å². The molecule has 124 valence electrons. The van der Waals surface area contributed by atoms with Crippen molar-refractivity contribution in [3.05, 3.63) is 0 Å². The summed E-state index contributed by atoms with van der Waals surface area (Å²) < 4.78 is 32.7. The van der Waals surface area contributed by atoms with E-state index < -0.39 is 31.1 Å². The van der Waals surface area contributed by atoms with E-state index >= 15 is 0 Å². The molecule has 0 heterocycles. The Morgan fingerprint density at radius 1 is 1.00 bits per heavy atom. The van der Waals surface area contributed by atoms with Crippen molar-refractivity contribution in [2.24, 2.45) is 5.92 Å². The first-order chi connectivity index (χ1) is 9.86. The van der Waals surface area contributed by atoms with Crippen molar-refractivity contribution in [3.63, 3.8) is 0 Å². The van der Waals surface area contributed by atoms with Crippen LogP contribution in [0.2, 0.25) is 0 Å². The maximum Gasteiger partial charge on any atom is 0.344 e. The van der Waals surface area contributed by atoms with E-state index in [0.717, 1.165) is 0 Å². The SMILES string of the molecule is CCOC(=O)C(CC(C)C(=O)OC)P(=O)(OCC)OCC. The second-order valence-electron chi connectivity index (χ2n) is 4.30. The maximum atomic E-state index is 12.8. The van der Waals surface area contributed by atoms with E-state index in [1.807, 2.05) is 0 Å². The highest BCUT2D eigenvalue weighted by Gasteiger charge is 2.44. The van der Waals surface area contributed by atoms with Crippen molar-refractivity contribution in [1.29, 1.82) is 0 Å². The lowest BCUT2D eigenvalue weighted by molar-refractivity contribution is -0.146. The molecule has 8 heteroatoms. The van der Waals surface area contributed by atoms with Gasteiger partial charge < -0.3 is 18.5 Å². The first-order valence-corrected chi connectivity index (χ1v) is 8.60. The molecule has 0 aromatic rings. The van der Waals surface area contributed by atoms with E-state index in [1.165, 1.54) is 7.11 Å². The first-order valence-electron chi connectivity index (χ1n) is 6.99. The predicted molar refractivity (Wildman–Crippen MR) is 77.1 cm³/mol. The van der Waals surface area contributed by atoms with Crippen LogP contribution in [0.3, 0.4) is 0 Å². The number of hydrogen-bond donors (Lipinski definition) is 0. The van der Waals surface area contributed by atoms with Gasteiger partial charge >= 0.3 is 19.5 Å². The van der Waals surface area contributed by atoms with E-state index in [-0.39, 0.29) is 26.2 Å². The van der Waals surface area contributed by atoms with Gasteiger partial charge in [-0.2, -0.15) is 0 Å². The average molecular weight is 324 g/mol. The first kappa shape index (κ1) is 20.1. The van der Waals surface area contributed by atoms with Crippen molar-refractivity contribution in [2.75, 3.05) is 26.9 Å². The molecule has 0 rings (SSSR count). The third-order valence-corrected chi connectivity index (χ3v) is 5.16. The minimum absolute atomic E-state index is 0.0250. The highest BCUT2D eigenvalue weighted by molar-refractivity contribution is 7.55. The van der Waals surface area contributed by atoms with E-state index in [2.05, 4.69) is 4.74 Å². The fourth-order valence-corrected chi connectivity index (χ4v) is 3.86. The van der Waals surface area contributed by atoms with Crippen molar-refractivity contribution < 1.29 is 32.7 Å². The Bertz CT molecular complexity index is 373. The third kappa shape index (κ3) is 6.16. The van der Waals surface area contributed by atoms with Crippen LogP contribution in [-0.4, -0.2) is 44.5 Å². The van der Waals surface area contributed by atoms with Crippen LogP contribution in [-0.2, 0) is 32.7 Å². The lowest BCUT2D eigenvalue weighted by Gasteiger charge is -2.26. The standard InChI is InChI=1S/C13H25O7P/c1-6-18-13(15)11(9-10(4)12(14)17-5)21(16,19-7-2)20-8-3/h10-11H,6-9H2,1-5H3. The molecule has 0 aliphatic rings.